The van der Waals surface area contributed by atoms with Crippen LogP contribution in [0.4, 0.5) is 26.0 Å². The van der Waals surface area contributed by atoms with Crippen molar-refractivity contribution in [3.63, 3.8) is 0 Å². The second-order valence-corrected chi connectivity index (χ2v) is 16.3. The average Bonchev–Trinajstić information content (AvgIpc) is 3.77. The molecule has 1 saturated carbocycles. The summed E-state index contributed by atoms with van der Waals surface area (Å²) in [6.07, 6.45) is 0.702. The highest BCUT2D eigenvalue weighted by Crippen LogP contribution is 2.42. The van der Waals surface area contributed by atoms with Crippen molar-refractivity contribution in [1.82, 2.24) is 25.1 Å². The van der Waals surface area contributed by atoms with Gasteiger partial charge in [0, 0.05) is 43.2 Å². The Kier molecular flexibility index (Phi) is 10.9. The molecule has 53 heavy (non-hydrogen) atoms. The zero-order chi connectivity index (χ0) is 38.9. The van der Waals surface area contributed by atoms with Crippen LogP contribution >= 0.6 is 0 Å². The molecule has 0 N–H and O–H groups in total. The van der Waals surface area contributed by atoms with Gasteiger partial charge in [-0.2, -0.15) is 4.90 Å². The summed E-state index contributed by atoms with van der Waals surface area (Å²) in [4.78, 5) is 56.5. The minimum absolute atomic E-state index is 0.0442. The van der Waals surface area contributed by atoms with Crippen LogP contribution in [0.25, 0.3) is 33.5 Å². The van der Waals surface area contributed by atoms with E-state index in [-0.39, 0.29) is 35.3 Å². The molecule has 3 atom stereocenters. The third-order valence-electron chi connectivity index (χ3n) is 8.40. The van der Waals surface area contributed by atoms with Crippen LogP contribution in [-0.2, 0) is 20.8 Å². The quantitative estimate of drug-likeness (QED) is 0.0990. The second kappa shape index (κ2) is 14.9. The van der Waals surface area contributed by atoms with Crippen molar-refractivity contribution < 1.29 is 33.0 Å². The lowest BCUT2D eigenvalue weighted by Gasteiger charge is -2.28. The number of aromatic nitrogens is 4. The molecular weight excluding hydrogens is 684 g/mol. The first-order valence-corrected chi connectivity index (χ1v) is 17.5. The lowest BCUT2D eigenvalue weighted by atomic mass is 9.98. The summed E-state index contributed by atoms with van der Waals surface area (Å²) in [6, 6.07) is 7.09. The fraction of sp³-hybridized carbons (Fsp3) is 0.583. The van der Waals surface area contributed by atoms with Gasteiger partial charge in [0.25, 0.3) is 5.89 Å². The lowest BCUT2D eigenvalue weighted by Crippen LogP contribution is -2.44. The molecule has 3 amide bonds. The van der Waals surface area contributed by atoms with Gasteiger partial charge in [0.15, 0.2) is 11.5 Å². The summed E-state index contributed by atoms with van der Waals surface area (Å²) in [6.45, 7) is 17.0. The van der Waals surface area contributed by atoms with Crippen molar-refractivity contribution in [1.29, 1.82) is 0 Å². The van der Waals surface area contributed by atoms with E-state index in [4.69, 9.17) is 29.1 Å². The van der Waals surface area contributed by atoms with Gasteiger partial charge in [0.1, 0.15) is 22.6 Å². The Balaban J connectivity index is 1.51. The molecule has 2 aromatic heterocycles. The van der Waals surface area contributed by atoms with Gasteiger partial charge in [-0.3, -0.25) is 0 Å². The van der Waals surface area contributed by atoms with Crippen molar-refractivity contribution in [2.24, 2.45) is 17.0 Å². The third kappa shape index (κ3) is 9.71. The number of carbonyl (C=O) groups is 3. The van der Waals surface area contributed by atoms with E-state index < -0.39 is 35.1 Å². The lowest BCUT2D eigenvalue weighted by molar-refractivity contribution is 0.0283. The number of imide groups is 1. The highest BCUT2D eigenvalue weighted by Gasteiger charge is 2.43. The maximum absolute atomic E-state index is 13.7. The number of carbonyl (C=O) groups excluding carboxylic acids is 3. The van der Waals surface area contributed by atoms with E-state index in [1.165, 1.54) is 11.1 Å². The van der Waals surface area contributed by atoms with Crippen molar-refractivity contribution in [2.45, 2.75) is 105 Å². The monoisotopic (exact) mass is 732 g/mol. The normalized spacial score (nSPS) is 18.5. The number of ether oxygens (including phenoxy) is 3. The van der Waals surface area contributed by atoms with E-state index in [2.05, 4.69) is 25.2 Å². The van der Waals surface area contributed by atoms with E-state index in [1.807, 2.05) is 37.8 Å². The largest absolute Gasteiger partial charge is 0.444 e. The van der Waals surface area contributed by atoms with E-state index >= 15 is 0 Å². The van der Waals surface area contributed by atoms with E-state index in [0.717, 1.165) is 18.4 Å². The molecule has 284 valence electrons. The van der Waals surface area contributed by atoms with Gasteiger partial charge in [0.2, 0.25) is 5.89 Å². The van der Waals surface area contributed by atoms with Crippen molar-refractivity contribution in [3.05, 3.63) is 46.5 Å². The number of azide groups is 1. The summed E-state index contributed by atoms with van der Waals surface area (Å²) in [5, 5.41) is 12.5. The number of hydrogen-bond donors (Lipinski definition) is 0. The highest BCUT2D eigenvalue weighted by molar-refractivity contribution is 6.10. The molecule has 17 nitrogen and oxygen atoms in total. The minimum atomic E-state index is -1.03. The van der Waals surface area contributed by atoms with E-state index in [9.17, 15) is 14.4 Å². The Morgan fingerprint density at radius 3 is 2.06 bits per heavy atom. The van der Waals surface area contributed by atoms with Crippen LogP contribution in [0.1, 0.15) is 80.7 Å². The smallest absolute Gasteiger partial charge is 0.425 e. The fourth-order valence-electron chi connectivity index (χ4n) is 6.20. The Morgan fingerprint density at radius 2 is 1.47 bits per heavy atom. The Bertz CT molecular complexity index is 1840. The molecule has 3 aromatic rings. The number of nitrogens with zero attached hydrogens (tertiary/aromatic N) is 10. The maximum Gasteiger partial charge on any atom is 0.425 e. The van der Waals surface area contributed by atoms with Gasteiger partial charge >= 0.3 is 18.3 Å². The molecule has 0 radical (unpaired) electrons. The molecule has 5 rings (SSSR count). The van der Waals surface area contributed by atoms with Crippen LogP contribution in [0.15, 0.2) is 40.0 Å². The van der Waals surface area contributed by atoms with Crippen molar-refractivity contribution in [2.75, 3.05) is 29.9 Å². The molecule has 1 unspecified atom stereocenters. The van der Waals surface area contributed by atoms with Crippen LogP contribution in [0, 0.1) is 11.8 Å². The van der Waals surface area contributed by atoms with Gasteiger partial charge in [-0.25, -0.2) is 24.4 Å². The molecule has 0 bridgehead atoms. The molecular formula is C36H48N10O7. The summed E-state index contributed by atoms with van der Waals surface area (Å²) in [7, 11) is 1.66. The molecule has 3 heterocycles. The van der Waals surface area contributed by atoms with Crippen molar-refractivity contribution >= 4 is 29.9 Å². The first kappa shape index (κ1) is 38.8. The van der Waals surface area contributed by atoms with Crippen LogP contribution in [-0.4, -0.2) is 86.3 Å². The number of rotatable bonds is 7. The van der Waals surface area contributed by atoms with Crippen LogP contribution < -0.4 is 9.80 Å². The van der Waals surface area contributed by atoms with Gasteiger partial charge < -0.3 is 28.4 Å². The number of hydrogen-bond acceptors (Lipinski definition) is 13. The molecule has 1 aromatic carbocycles. The Labute approximate surface area is 308 Å². The summed E-state index contributed by atoms with van der Waals surface area (Å²) < 4.78 is 22.8. The first-order valence-electron chi connectivity index (χ1n) is 17.5. The van der Waals surface area contributed by atoms with Gasteiger partial charge in [-0.15, -0.1) is 10.2 Å². The molecule has 2 fully saturated rings. The topological polar surface area (TPSA) is 202 Å². The average molecular weight is 733 g/mol. The minimum Gasteiger partial charge on any atom is -0.444 e. The summed E-state index contributed by atoms with van der Waals surface area (Å²) in [5.74, 6) is 0.708. The predicted molar refractivity (Wildman–Crippen MR) is 195 cm³/mol. The predicted octanol–water partition coefficient (Wildman–Crippen LogP) is 7.76. The molecule has 1 aliphatic heterocycles. The van der Waals surface area contributed by atoms with Gasteiger partial charge in [-0.05, 0) is 110 Å². The van der Waals surface area contributed by atoms with Crippen LogP contribution in [0.2, 0.25) is 0 Å². The number of fused-ring (bicyclic) bond motifs is 1. The van der Waals surface area contributed by atoms with Crippen molar-refractivity contribution in [3.8, 4) is 23.0 Å². The third-order valence-corrected chi connectivity index (χ3v) is 8.40. The zero-order valence-corrected chi connectivity index (χ0v) is 32.0. The fourth-order valence-corrected chi connectivity index (χ4v) is 6.20. The Hall–Kier alpha value is -5.44. The Morgan fingerprint density at radius 1 is 0.887 bits per heavy atom. The second-order valence-electron chi connectivity index (χ2n) is 16.3. The highest BCUT2D eigenvalue weighted by atomic mass is 16.6. The SMILES string of the molecule is CN(Cc1ccc(-c2nnc(-c3nc(N4C[C@@H]5CCC(N=[N+]=[N-])[C@@H]5C4)cnc3N(C(=O)OC(C)(C)C)C(=O)OC(C)(C)C)o2)cc1)C(=O)OC(C)(C)C. The molecule has 1 saturated heterocycles. The van der Waals surface area contributed by atoms with E-state index in [1.54, 1.807) is 60.7 Å². The summed E-state index contributed by atoms with van der Waals surface area (Å²) in [5.41, 5.74) is 7.91. The number of amides is 3. The molecule has 2 aliphatic rings. The molecule has 17 heteroatoms. The first-order chi connectivity index (χ1) is 24.7. The standard InChI is InChI=1S/C36H48N10O7/c1-34(2,3)51-31(47)44(10)18-21-11-13-22(14-12-21)29-41-42-30(50-29)27-28(46(32(48)52-35(4,5)6)33(49)53-36(7,8)9)38-17-26(39-27)45-19-23-15-16-25(40-43-37)24(23)20-45/h11-14,17,23-25H,15-16,18-20H2,1-10H3/t23-,24+,25?/m0/s1. The van der Waals surface area contributed by atoms with Crippen LogP contribution in [0.3, 0.4) is 0 Å². The van der Waals surface area contributed by atoms with E-state index in [0.29, 0.717) is 41.8 Å². The van der Waals surface area contributed by atoms with Crippen LogP contribution in [0.5, 0.6) is 0 Å². The maximum atomic E-state index is 13.7. The van der Waals surface area contributed by atoms with Gasteiger partial charge in [-0.1, -0.05) is 17.2 Å². The number of anilines is 2. The summed E-state index contributed by atoms with van der Waals surface area (Å²) >= 11 is 0. The molecule has 1 aliphatic carbocycles. The zero-order valence-electron chi connectivity index (χ0n) is 32.0. The van der Waals surface area contributed by atoms with Gasteiger partial charge in [0.05, 0.1) is 6.20 Å². The molecule has 0 spiro atoms. The number of benzene rings is 1.